The molecule has 0 fully saturated rings. The number of hydrogen-bond donors (Lipinski definition) is 2. The van der Waals surface area contributed by atoms with Crippen LogP contribution in [0.15, 0.2) is 35.8 Å². The Labute approximate surface area is 121 Å². The third-order valence-corrected chi connectivity index (χ3v) is 2.12. The van der Waals surface area contributed by atoms with E-state index in [1.54, 1.807) is 19.1 Å². The van der Waals surface area contributed by atoms with Crippen LogP contribution in [-0.4, -0.2) is 47.5 Å². The maximum atomic E-state index is 12.0. The number of ether oxygens (including phenoxy) is 1. The van der Waals surface area contributed by atoms with Crippen molar-refractivity contribution >= 4 is 17.6 Å². The third kappa shape index (κ3) is 5.75. The fraction of sp³-hybridized carbons (Fsp3) is 0.308. The smallest absolute Gasteiger partial charge is 0.347 e. The number of esters is 1. The van der Waals surface area contributed by atoms with Gasteiger partial charge in [0.25, 0.3) is 5.91 Å². The number of carbonyl (C=O) groups excluding carboxylic acids is 2. The lowest BCUT2D eigenvalue weighted by Gasteiger charge is -2.05. The van der Waals surface area contributed by atoms with Crippen LogP contribution in [0.2, 0.25) is 0 Å². The molecule has 2 N–H and O–H groups in total. The molecule has 0 bridgehead atoms. The van der Waals surface area contributed by atoms with Crippen LogP contribution in [0.25, 0.3) is 0 Å². The van der Waals surface area contributed by atoms with Gasteiger partial charge < -0.3 is 14.9 Å². The van der Waals surface area contributed by atoms with Gasteiger partial charge in [-0.05, 0) is 19.1 Å². The molecule has 112 valence electrons. The molecule has 0 aromatic carbocycles. The van der Waals surface area contributed by atoms with Gasteiger partial charge in [0.15, 0.2) is 5.71 Å². The largest absolute Gasteiger partial charge is 0.463 e. The van der Waals surface area contributed by atoms with E-state index in [9.17, 15) is 9.59 Å². The molecule has 1 rings (SSSR count). The number of hydrogen-bond acceptors (Lipinski definition) is 6. The highest BCUT2D eigenvalue weighted by atomic mass is 16.7. The molecule has 1 aromatic rings. The summed E-state index contributed by atoms with van der Waals surface area (Å²) < 4.78 is 4.68. The van der Waals surface area contributed by atoms with Gasteiger partial charge >= 0.3 is 5.97 Å². The predicted molar refractivity (Wildman–Crippen MR) is 74.4 cm³/mol. The van der Waals surface area contributed by atoms with E-state index < -0.39 is 11.9 Å². The van der Waals surface area contributed by atoms with Crippen molar-refractivity contribution in [2.75, 3.05) is 19.8 Å². The molecule has 0 saturated carbocycles. The predicted octanol–water partition coefficient (Wildman–Crippen LogP) is 0.151. The standard InChI is InChI=1S/C13H16N4O4/c1-3-5-7-14-13(19)12(10-6-8-15-16-10)17-21-9-11(18)20-4-2/h5-6,8H,1,4,7,9H2,2H3,(H,14,19)(H,15,16)/b17-12+. The zero-order valence-corrected chi connectivity index (χ0v) is 11.6. The van der Waals surface area contributed by atoms with Crippen molar-refractivity contribution in [3.63, 3.8) is 0 Å². The van der Waals surface area contributed by atoms with E-state index in [0.29, 0.717) is 5.69 Å². The molecule has 0 spiro atoms. The summed E-state index contributed by atoms with van der Waals surface area (Å²) in [6.07, 6.45) is 3.01. The average molecular weight is 292 g/mol. The van der Waals surface area contributed by atoms with E-state index in [-0.39, 0.29) is 25.5 Å². The molecule has 0 aliphatic heterocycles. The summed E-state index contributed by atoms with van der Waals surface area (Å²) in [6, 6.07) is 1.55. The van der Waals surface area contributed by atoms with Crippen molar-refractivity contribution in [3.05, 3.63) is 36.3 Å². The van der Waals surface area contributed by atoms with Gasteiger partial charge in [0, 0.05) is 12.7 Å². The number of aromatic nitrogens is 2. The third-order valence-electron chi connectivity index (χ3n) is 2.12. The molecule has 1 aromatic heterocycles. The molecule has 0 aliphatic rings. The second-order valence-corrected chi connectivity index (χ2v) is 3.61. The highest BCUT2D eigenvalue weighted by Gasteiger charge is 2.16. The molecule has 8 nitrogen and oxygen atoms in total. The normalized spacial score (nSPS) is 10.4. The molecule has 0 atom stereocenters. The number of nitrogens with zero attached hydrogens (tertiary/aromatic N) is 2. The van der Waals surface area contributed by atoms with Crippen molar-refractivity contribution in [2.45, 2.75) is 6.92 Å². The molecule has 8 heteroatoms. The molecule has 21 heavy (non-hydrogen) atoms. The van der Waals surface area contributed by atoms with Crippen molar-refractivity contribution < 1.29 is 19.2 Å². The topological polar surface area (TPSA) is 106 Å². The summed E-state index contributed by atoms with van der Waals surface area (Å²) in [4.78, 5) is 27.9. The summed E-state index contributed by atoms with van der Waals surface area (Å²) in [5, 5.41) is 12.5. The van der Waals surface area contributed by atoms with Crippen LogP contribution >= 0.6 is 0 Å². The lowest BCUT2D eigenvalue weighted by molar-refractivity contribution is -0.148. The van der Waals surface area contributed by atoms with E-state index in [0.717, 1.165) is 0 Å². The number of amides is 1. The second-order valence-electron chi connectivity index (χ2n) is 3.61. The highest BCUT2D eigenvalue weighted by Crippen LogP contribution is 1.98. The maximum absolute atomic E-state index is 12.0. The van der Waals surface area contributed by atoms with Gasteiger partial charge in [-0.3, -0.25) is 9.89 Å². The first kappa shape index (κ1) is 16.2. The summed E-state index contributed by atoms with van der Waals surface area (Å²) in [5.41, 5.74) is 2.85. The zero-order chi connectivity index (χ0) is 15.5. The van der Waals surface area contributed by atoms with Gasteiger partial charge in [-0.25, -0.2) is 4.79 Å². The Kier molecular flexibility index (Phi) is 7.02. The van der Waals surface area contributed by atoms with Gasteiger partial charge in [-0.15, -0.1) is 5.73 Å². The monoisotopic (exact) mass is 292 g/mol. The summed E-state index contributed by atoms with van der Waals surface area (Å²) in [7, 11) is 0. The Morgan fingerprint density at radius 2 is 2.43 bits per heavy atom. The molecule has 0 unspecified atom stereocenters. The summed E-state index contributed by atoms with van der Waals surface area (Å²) in [5.74, 6) is -1.06. The SMILES string of the molecule is C=C=CCNC(=O)/C(=N/OCC(=O)OCC)c1ccn[nH]1. The lowest BCUT2D eigenvalue weighted by atomic mass is 10.2. The van der Waals surface area contributed by atoms with Crippen molar-refractivity contribution in [1.29, 1.82) is 0 Å². The summed E-state index contributed by atoms with van der Waals surface area (Å²) >= 11 is 0. The number of carbonyl (C=O) groups is 2. The molecule has 0 radical (unpaired) electrons. The Hall–Kier alpha value is -2.86. The van der Waals surface area contributed by atoms with E-state index in [2.05, 4.69) is 37.7 Å². The molecular weight excluding hydrogens is 276 g/mol. The van der Waals surface area contributed by atoms with Crippen molar-refractivity contribution in [2.24, 2.45) is 5.16 Å². The Morgan fingerprint density at radius 3 is 3.05 bits per heavy atom. The fourth-order valence-corrected chi connectivity index (χ4v) is 1.25. The number of nitrogens with one attached hydrogen (secondary N) is 2. The average Bonchev–Trinajstić information content (AvgIpc) is 2.98. The first-order valence-corrected chi connectivity index (χ1v) is 6.16. The number of aromatic amines is 1. The molecule has 1 amide bonds. The van der Waals surface area contributed by atoms with Crippen LogP contribution in [0.4, 0.5) is 0 Å². The molecule has 0 saturated heterocycles. The van der Waals surface area contributed by atoms with Crippen molar-refractivity contribution in [1.82, 2.24) is 15.5 Å². The minimum atomic E-state index is -0.569. The number of oxime groups is 1. The van der Waals surface area contributed by atoms with E-state index in [1.165, 1.54) is 6.20 Å². The van der Waals surface area contributed by atoms with Gasteiger partial charge in [0.05, 0.1) is 12.3 Å². The quantitative estimate of drug-likeness (QED) is 0.307. The van der Waals surface area contributed by atoms with Crippen molar-refractivity contribution in [3.8, 4) is 0 Å². The fourth-order valence-electron chi connectivity index (χ4n) is 1.25. The van der Waals surface area contributed by atoms with E-state index >= 15 is 0 Å². The van der Waals surface area contributed by atoms with Crippen LogP contribution in [0.3, 0.4) is 0 Å². The van der Waals surface area contributed by atoms with Gasteiger partial charge in [0.1, 0.15) is 0 Å². The molecule has 0 aliphatic carbocycles. The lowest BCUT2D eigenvalue weighted by Crippen LogP contribution is -2.32. The van der Waals surface area contributed by atoms with Gasteiger partial charge in [-0.1, -0.05) is 11.7 Å². The zero-order valence-electron chi connectivity index (χ0n) is 11.6. The number of H-pyrrole nitrogens is 1. The van der Waals surface area contributed by atoms with Gasteiger partial charge in [-0.2, -0.15) is 5.10 Å². The van der Waals surface area contributed by atoms with E-state index in [1.807, 2.05) is 0 Å². The summed E-state index contributed by atoms with van der Waals surface area (Å²) in [6.45, 7) is 5.17. The Balaban J connectivity index is 2.71. The highest BCUT2D eigenvalue weighted by molar-refractivity contribution is 6.44. The maximum Gasteiger partial charge on any atom is 0.347 e. The first-order chi connectivity index (χ1) is 10.2. The first-order valence-electron chi connectivity index (χ1n) is 6.16. The van der Waals surface area contributed by atoms with Crippen LogP contribution in [0, 0.1) is 0 Å². The van der Waals surface area contributed by atoms with Crippen LogP contribution in [-0.2, 0) is 19.2 Å². The van der Waals surface area contributed by atoms with Crippen LogP contribution in [0.1, 0.15) is 12.6 Å². The van der Waals surface area contributed by atoms with E-state index in [4.69, 9.17) is 4.84 Å². The Bertz CT molecular complexity index is 545. The number of rotatable bonds is 8. The van der Waals surface area contributed by atoms with Crippen LogP contribution in [0.5, 0.6) is 0 Å². The second kappa shape index (κ2) is 9.11. The van der Waals surface area contributed by atoms with Gasteiger partial charge in [0.2, 0.25) is 6.61 Å². The van der Waals surface area contributed by atoms with Crippen LogP contribution < -0.4 is 5.32 Å². The Morgan fingerprint density at radius 1 is 1.62 bits per heavy atom. The minimum Gasteiger partial charge on any atom is -0.463 e. The molecule has 1 heterocycles. The molecular formula is C13H16N4O4. The minimum absolute atomic E-state index is 0.0331.